The molecule has 0 atom stereocenters. The Balaban J connectivity index is 1.26. The van der Waals surface area contributed by atoms with Crippen molar-refractivity contribution >= 4 is 50.9 Å². The molecule has 0 radical (unpaired) electrons. The Morgan fingerprint density at radius 3 is 2.80 bits per heavy atom. The molecule has 0 spiro atoms. The first-order valence-corrected chi connectivity index (χ1v) is 11.5. The molecule has 1 aliphatic rings. The van der Waals surface area contributed by atoms with Gasteiger partial charge in [-0.25, -0.2) is 9.78 Å². The molecule has 2 aromatic heterocycles. The quantitative estimate of drug-likeness (QED) is 0.446. The number of fused-ring (bicyclic) bond motifs is 3. The van der Waals surface area contributed by atoms with Crippen molar-refractivity contribution in [2.45, 2.75) is 31.6 Å². The van der Waals surface area contributed by atoms with Crippen LogP contribution < -0.4 is 21.9 Å². The molecule has 5 N–H and O–H groups in total. The van der Waals surface area contributed by atoms with Crippen molar-refractivity contribution in [3.05, 3.63) is 56.4 Å². The van der Waals surface area contributed by atoms with Gasteiger partial charge in [-0.05, 0) is 42.5 Å². The van der Waals surface area contributed by atoms with Crippen LogP contribution >= 0.6 is 23.1 Å². The molecular weight excluding hydrogens is 422 g/mol. The maximum atomic E-state index is 12.5. The van der Waals surface area contributed by atoms with Crippen LogP contribution in [0, 0.1) is 0 Å². The first-order valence-electron chi connectivity index (χ1n) is 9.53. The van der Waals surface area contributed by atoms with E-state index in [9.17, 15) is 14.4 Å². The number of aromatic nitrogens is 2. The van der Waals surface area contributed by atoms with Crippen LogP contribution in [0.5, 0.6) is 0 Å². The first-order chi connectivity index (χ1) is 14.5. The normalized spacial score (nSPS) is 12.7. The number of aryl methyl sites for hydroxylation is 2. The third-order valence-corrected chi connectivity index (χ3v) is 6.94. The second kappa shape index (κ2) is 8.88. The van der Waals surface area contributed by atoms with Crippen molar-refractivity contribution in [1.82, 2.24) is 15.3 Å². The molecule has 4 rings (SSSR count). The van der Waals surface area contributed by atoms with E-state index in [4.69, 9.17) is 5.73 Å². The Kier molecular flexibility index (Phi) is 6.05. The number of aromatic amines is 1. The van der Waals surface area contributed by atoms with Crippen molar-refractivity contribution < 1.29 is 9.59 Å². The zero-order valence-corrected chi connectivity index (χ0v) is 17.8. The second-order valence-electron chi connectivity index (χ2n) is 7.01. The van der Waals surface area contributed by atoms with Crippen LogP contribution in [0.25, 0.3) is 10.2 Å². The van der Waals surface area contributed by atoms with Crippen LogP contribution in [-0.2, 0) is 29.9 Å². The Hall–Kier alpha value is -2.85. The predicted octanol–water partition coefficient (Wildman–Crippen LogP) is 2.51. The molecule has 2 heterocycles. The second-order valence-corrected chi connectivity index (χ2v) is 9.08. The molecular formula is C20H21N5O3S2. The summed E-state index contributed by atoms with van der Waals surface area (Å²) in [4.78, 5) is 44.9. The van der Waals surface area contributed by atoms with E-state index in [1.54, 1.807) is 35.6 Å². The summed E-state index contributed by atoms with van der Waals surface area (Å²) >= 11 is 3.02. The van der Waals surface area contributed by atoms with Gasteiger partial charge in [-0.1, -0.05) is 12.1 Å². The molecule has 0 bridgehead atoms. The molecule has 3 aromatic rings. The van der Waals surface area contributed by atoms with Crippen LogP contribution in [0.15, 0.2) is 29.1 Å². The molecule has 0 unspecified atom stereocenters. The minimum Gasteiger partial charge on any atom is -0.351 e. The molecule has 0 aliphatic heterocycles. The summed E-state index contributed by atoms with van der Waals surface area (Å²) in [6.07, 6.45) is 3.10. The predicted molar refractivity (Wildman–Crippen MR) is 120 cm³/mol. The van der Waals surface area contributed by atoms with Crippen LogP contribution in [-0.4, -0.2) is 27.7 Å². The van der Waals surface area contributed by atoms with Gasteiger partial charge >= 0.3 is 6.03 Å². The Labute approximate surface area is 180 Å². The highest BCUT2D eigenvalue weighted by Gasteiger charge is 2.21. The highest BCUT2D eigenvalue weighted by Crippen LogP contribution is 2.34. The zero-order chi connectivity index (χ0) is 21.1. The third kappa shape index (κ3) is 4.65. The SMILES string of the molecule is NC(=O)Nc1ccc(CNC(=O)CSCc2nc3sc4c(c3c(=O)[nH]2)CCC4)cc1. The lowest BCUT2D eigenvalue weighted by molar-refractivity contribution is -0.118. The Morgan fingerprint density at radius 1 is 1.23 bits per heavy atom. The number of carbonyl (C=O) groups excluding carboxylic acids is 2. The van der Waals surface area contributed by atoms with E-state index >= 15 is 0 Å². The number of H-pyrrole nitrogens is 1. The van der Waals surface area contributed by atoms with Crippen LogP contribution in [0.3, 0.4) is 0 Å². The molecule has 8 nitrogen and oxygen atoms in total. The van der Waals surface area contributed by atoms with Crippen molar-refractivity contribution in [3.63, 3.8) is 0 Å². The summed E-state index contributed by atoms with van der Waals surface area (Å²) in [5, 5.41) is 6.08. The van der Waals surface area contributed by atoms with E-state index < -0.39 is 6.03 Å². The number of amides is 3. The van der Waals surface area contributed by atoms with E-state index in [1.807, 2.05) is 0 Å². The lowest BCUT2D eigenvalue weighted by Crippen LogP contribution is -2.24. The number of nitrogens with two attached hydrogens (primary N) is 1. The van der Waals surface area contributed by atoms with Gasteiger partial charge in [0.1, 0.15) is 10.7 Å². The number of urea groups is 1. The molecule has 0 saturated heterocycles. The van der Waals surface area contributed by atoms with Crippen molar-refractivity contribution in [1.29, 1.82) is 0 Å². The molecule has 3 amide bonds. The minimum absolute atomic E-state index is 0.0753. The number of rotatable bonds is 7. The highest BCUT2D eigenvalue weighted by atomic mass is 32.2. The average Bonchev–Trinajstić information content (AvgIpc) is 3.28. The molecule has 30 heavy (non-hydrogen) atoms. The van der Waals surface area contributed by atoms with Gasteiger partial charge < -0.3 is 21.4 Å². The lowest BCUT2D eigenvalue weighted by atomic mass is 10.2. The summed E-state index contributed by atoms with van der Waals surface area (Å²) < 4.78 is 0. The number of nitrogens with one attached hydrogen (secondary N) is 3. The van der Waals surface area contributed by atoms with E-state index in [2.05, 4.69) is 20.6 Å². The van der Waals surface area contributed by atoms with E-state index in [0.29, 0.717) is 23.8 Å². The van der Waals surface area contributed by atoms with Crippen molar-refractivity contribution in [3.8, 4) is 0 Å². The standard InChI is InChI=1S/C20H21N5O3S2/c21-20(28)23-12-6-4-11(5-7-12)8-22-16(26)10-29-9-15-24-18(27)17-13-2-1-3-14(13)30-19(17)25-15/h4-7H,1-3,8-10H2,(H,22,26)(H3,21,23,28)(H,24,25,27). The molecule has 0 saturated carbocycles. The summed E-state index contributed by atoms with van der Waals surface area (Å²) in [5.41, 5.74) is 7.67. The zero-order valence-electron chi connectivity index (χ0n) is 16.1. The Bertz CT molecular complexity index is 1150. The Morgan fingerprint density at radius 2 is 2.03 bits per heavy atom. The molecule has 10 heteroatoms. The fourth-order valence-corrected chi connectivity index (χ4v) is 5.46. The topological polar surface area (TPSA) is 130 Å². The summed E-state index contributed by atoms with van der Waals surface area (Å²) in [6, 6.07) is 6.44. The molecule has 0 fully saturated rings. The van der Waals surface area contributed by atoms with Gasteiger partial charge in [0.15, 0.2) is 0 Å². The van der Waals surface area contributed by atoms with Gasteiger partial charge in [-0.3, -0.25) is 9.59 Å². The van der Waals surface area contributed by atoms with Crippen LogP contribution in [0.1, 0.15) is 28.2 Å². The van der Waals surface area contributed by atoms with Gasteiger partial charge in [0.25, 0.3) is 5.56 Å². The minimum atomic E-state index is -0.619. The number of nitrogens with zero attached hydrogens (tertiary/aromatic N) is 1. The highest BCUT2D eigenvalue weighted by molar-refractivity contribution is 7.99. The van der Waals surface area contributed by atoms with E-state index in [1.165, 1.54) is 22.2 Å². The number of carbonyl (C=O) groups is 2. The van der Waals surface area contributed by atoms with Crippen molar-refractivity contribution in [2.24, 2.45) is 5.73 Å². The molecule has 1 aliphatic carbocycles. The summed E-state index contributed by atoms with van der Waals surface area (Å²) in [5.74, 6) is 1.24. The van der Waals surface area contributed by atoms with Gasteiger partial charge in [0.05, 0.1) is 16.9 Å². The van der Waals surface area contributed by atoms with Gasteiger partial charge in [-0.2, -0.15) is 0 Å². The molecule has 156 valence electrons. The third-order valence-electron chi connectivity index (χ3n) is 4.81. The van der Waals surface area contributed by atoms with Crippen LogP contribution in [0.4, 0.5) is 10.5 Å². The number of benzene rings is 1. The van der Waals surface area contributed by atoms with Crippen LogP contribution in [0.2, 0.25) is 0 Å². The maximum absolute atomic E-state index is 12.5. The first kappa shape index (κ1) is 20.4. The lowest BCUT2D eigenvalue weighted by Gasteiger charge is -2.07. The number of primary amides is 1. The van der Waals surface area contributed by atoms with E-state index in [0.717, 1.165) is 35.0 Å². The fourth-order valence-electron chi connectivity index (χ4n) is 3.46. The summed E-state index contributed by atoms with van der Waals surface area (Å²) in [6.45, 7) is 0.387. The molecule has 1 aromatic carbocycles. The number of anilines is 1. The van der Waals surface area contributed by atoms with E-state index in [-0.39, 0.29) is 17.2 Å². The van der Waals surface area contributed by atoms with Gasteiger partial charge in [-0.15, -0.1) is 23.1 Å². The number of thioether (sulfide) groups is 1. The van der Waals surface area contributed by atoms with Gasteiger partial charge in [0.2, 0.25) is 5.91 Å². The monoisotopic (exact) mass is 443 g/mol. The largest absolute Gasteiger partial charge is 0.351 e. The number of thiophene rings is 1. The van der Waals surface area contributed by atoms with Gasteiger partial charge in [0, 0.05) is 17.1 Å². The number of hydrogen-bond donors (Lipinski definition) is 4. The fraction of sp³-hybridized carbons (Fsp3) is 0.300. The smallest absolute Gasteiger partial charge is 0.316 e. The maximum Gasteiger partial charge on any atom is 0.316 e. The number of hydrogen-bond acceptors (Lipinski definition) is 6. The van der Waals surface area contributed by atoms with Crippen molar-refractivity contribution in [2.75, 3.05) is 11.1 Å². The summed E-state index contributed by atoms with van der Waals surface area (Å²) in [7, 11) is 0. The average molecular weight is 444 g/mol.